The molecule has 0 bridgehead atoms. The first-order valence-corrected chi connectivity index (χ1v) is 6.73. The van der Waals surface area contributed by atoms with Gasteiger partial charge in [-0.1, -0.05) is 0 Å². The van der Waals surface area contributed by atoms with Crippen LogP contribution in [0.25, 0.3) is 0 Å². The number of ether oxygens (including phenoxy) is 1. The van der Waals surface area contributed by atoms with Gasteiger partial charge in [0.15, 0.2) is 0 Å². The van der Waals surface area contributed by atoms with Gasteiger partial charge in [-0.15, -0.1) is 12.4 Å². The van der Waals surface area contributed by atoms with Crippen LogP contribution in [0.5, 0.6) is 0 Å². The van der Waals surface area contributed by atoms with E-state index < -0.39 is 0 Å². The molecule has 2 N–H and O–H groups in total. The molecule has 0 aromatic heterocycles. The van der Waals surface area contributed by atoms with E-state index in [0.29, 0.717) is 5.41 Å². The second-order valence-corrected chi connectivity index (χ2v) is 5.48. The average molecular weight is 277 g/mol. The maximum atomic E-state index is 12.0. The lowest BCUT2D eigenvalue weighted by Crippen LogP contribution is -2.40. The first-order valence-electron chi connectivity index (χ1n) is 6.73. The van der Waals surface area contributed by atoms with Crippen molar-refractivity contribution in [3.63, 3.8) is 0 Å². The molecule has 2 rings (SSSR count). The Morgan fingerprint density at radius 2 is 2.06 bits per heavy atom. The zero-order chi connectivity index (χ0) is 12.1. The number of halogens is 1. The number of methoxy groups -OCH3 is 1. The van der Waals surface area contributed by atoms with E-state index in [9.17, 15) is 4.79 Å². The van der Waals surface area contributed by atoms with Gasteiger partial charge in [-0.3, -0.25) is 4.79 Å². The van der Waals surface area contributed by atoms with Crippen LogP contribution in [0.4, 0.5) is 0 Å². The fourth-order valence-corrected chi connectivity index (χ4v) is 2.51. The first-order chi connectivity index (χ1) is 8.26. The maximum Gasteiger partial charge on any atom is 0.223 e. The lowest BCUT2D eigenvalue weighted by Gasteiger charge is -2.23. The maximum absolute atomic E-state index is 12.0. The summed E-state index contributed by atoms with van der Waals surface area (Å²) in [5.41, 5.74) is 0.360. The zero-order valence-corrected chi connectivity index (χ0v) is 12.0. The Bertz CT molecular complexity index is 264. The number of hydrogen-bond donors (Lipinski definition) is 2. The molecular weight excluding hydrogens is 252 g/mol. The number of nitrogens with one attached hydrogen (secondary N) is 2. The fraction of sp³-hybridized carbons (Fsp3) is 0.923. The van der Waals surface area contributed by atoms with Crippen molar-refractivity contribution in [2.75, 3.05) is 33.4 Å². The van der Waals surface area contributed by atoms with Gasteiger partial charge in [0, 0.05) is 26.2 Å². The molecule has 5 heteroatoms. The molecule has 0 aromatic carbocycles. The highest BCUT2D eigenvalue weighted by molar-refractivity contribution is 5.85. The molecule has 18 heavy (non-hydrogen) atoms. The minimum atomic E-state index is 0. The Hall–Kier alpha value is -0.320. The topological polar surface area (TPSA) is 50.4 Å². The van der Waals surface area contributed by atoms with Crippen LogP contribution in [-0.2, 0) is 9.53 Å². The third-order valence-corrected chi connectivity index (χ3v) is 4.14. The standard InChI is InChI=1S/C13H24N2O2.ClH/c1-17-9-6-13(4-5-13)10-15-12(16)11-2-7-14-8-3-11;/h11,14H,2-10H2,1H3,(H,15,16);1H. The lowest BCUT2D eigenvalue weighted by atomic mass is 9.96. The highest BCUT2D eigenvalue weighted by Gasteiger charge is 2.42. The molecule has 0 aromatic rings. The minimum Gasteiger partial charge on any atom is -0.385 e. The molecule has 106 valence electrons. The smallest absolute Gasteiger partial charge is 0.223 e. The fourth-order valence-electron chi connectivity index (χ4n) is 2.51. The Morgan fingerprint density at radius 3 is 2.61 bits per heavy atom. The summed E-state index contributed by atoms with van der Waals surface area (Å²) in [6.07, 6.45) is 5.52. The summed E-state index contributed by atoms with van der Waals surface area (Å²) in [6.45, 7) is 3.61. The quantitative estimate of drug-likeness (QED) is 0.770. The second-order valence-electron chi connectivity index (χ2n) is 5.48. The molecule has 1 amide bonds. The summed E-state index contributed by atoms with van der Waals surface area (Å²) in [5, 5.41) is 6.43. The summed E-state index contributed by atoms with van der Waals surface area (Å²) < 4.78 is 5.12. The summed E-state index contributed by atoms with van der Waals surface area (Å²) in [6, 6.07) is 0. The van der Waals surface area contributed by atoms with Crippen molar-refractivity contribution in [2.45, 2.75) is 32.1 Å². The summed E-state index contributed by atoms with van der Waals surface area (Å²) in [7, 11) is 1.74. The predicted octanol–water partition coefficient (Wildman–Crippen LogP) is 1.34. The van der Waals surface area contributed by atoms with Crippen molar-refractivity contribution in [3.05, 3.63) is 0 Å². The van der Waals surface area contributed by atoms with Gasteiger partial charge in [-0.05, 0) is 50.6 Å². The van der Waals surface area contributed by atoms with Crippen LogP contribution < -0.4 is 10.6 Å². The first kappa shape index (κ1) is 15.7. The van der Waals surface area contributed by atoms with E-state index in [2.05, 4.69) is 10.6 Å². The third kappa shape index (κ3) is 4.41. The summed E-state index contributed by atoms with van der Waals surface area (Å²) in [5.74, 6) is 0.490. The zero-order valence-electron chi connectivity index (χ0n) is 11.2. The molecule has 1 heterocycles. The van der Waals surface area contributed by atoms with Crippen molar-refractivity contribution < 1.29 is 9.53 Å². The molecule has 0 radical (unpaired) electrons. The van der Waals surface area contributed by atoms with Gasteiger partial charge in [-0.2, -0.15) is 0 Å². The molecule has 0 unspecified atom stereocenters. The van der Waals surface area contributed by atoms with Crippen LogP contribution in [0.1, 0.15) is 32.1 Å². The molecule has 1 saturated heterocycles. The SMILES string of the molecule is COCCC1(CNC(=O)C2CCNCC2)CC1.Cl. The van der Waals surface area contributed by atoms with Crippen LogP contribution in [0, 0.1) is 11.3 Å². The van der Waals surface area contributed by atoms with Crippen molar-refractivity contribution >= 4 is 18.3 Å². The van der Waals surface area contributed by atoms with Gasteiger partial charge in [-0.25, -0.2) is 0 Å². The van der Waals surface area contributed by atoms with Crippen molar-refractivity contribution in [1.29, 1.82) is 0 Å². The lowest BCUT2D eigenvalue weighted by molar-refractivity contribution is -0.126. The number of amides is 1. The van der Waals surface area contributed by atoms with Gasteiger partial charge >= 0.3 is 0 Å². The highest BCUT2D eigenvalue weighted by atomic mass is 35.5. The van der Waals surface area contributed by atoms with Gasteiger partial charge in [0.1, 0.15) is 0 Å². The van der Waals surface area contributed by atoms with E-state index in [1.807, 2.05) is 0 Å². The average Bonchev–Trinajstić information content (AvgIpc) is 3.15. The molecule has 2 fully saturated rings. The summed E-state index contributed by atoms with van der Waals surface area (Å²) in [4.78, 5) is 12.0. The van der Waals surface area contributed by atoms with E-state index in [0.717, 1.165) is 45.5 Å². The Kier molecular flexibility index (Phi) is 6.39. The summed E-state index contributed by atoms with van der Waals surface area (Å²) >= 11 is 0. The Labute approximate surface area is 116 Å². The Morgan fingerprint density at radius 1 is 1.39 bits per heavy atom. The van der Waals surface area contributed by atoms with E-state index in [1.54, 1.807) is 7.11 Å². The van der Waals surface area contributed by atoms with Gasteiger partial charge in [0.25, 0.3) is 0 Å². The van der Waals surface area contributed by atoms with Gasteiger partial charge in [0.2, 0.25) is 5.91 Å². The van der Waals surface area contributed by atoms with Crippen LogP contribution in [0.15, 0.2) is 0 Å². The number of carbonyl (C=O) groups is 1. The van der Waals surface area contributed by atoms with E-state index in [1.165, 1.54) is 12.8 Å². The van der Waals surface area contributed by atoms with E-state index in [4.69, 9.17) is 4.74 Å². The number of rotatable bonds is 6. The predicted molar refractivity (Wildman–Crippen MR) is 74.0 cm³/mol. The van der Waals surface area contributed by atoms with E-state index >= 15 is 0 Å². The third-order valence-electron chi connectivity index (χ3n) is 4.14. The number of hydrogen-bond acceptors (Lipinski definition) is 3. The molecule has 0 atom stereocenters. The monoisotopic (exact) mass is 276 g/mol. The van der Waals surface area contributed by atoms with Crippen LogP contribution in [-0.4, -0.2) is 39.3 Å². The van der Waals surface area contributed by atoms with Crippen LogP contribution >= 0.6 is 12.4 Å². The van der Waals surface area contributed by atoms with E-state index in [-0.39, 0.29) is 24.2 Å². The molecule has 1 aliphatic carbocycles. The normalized spacial score (nSPS) is 22.1. The van der Waals surface area contributed by atoms with Crippen molar-refractivity contribution in [1.82, 2.24) is 10.6 Å². The molecule has 1 aliphatic heterocycles. The van der Waals surface area contributed by atoms with Gasteiger partial charge < -0.3 is 15.4 Å². The molecule has 2 aliphatic rings. The number of piperidine rings is 1. The number of carbonyl (C=O) groups excluding carboxylic acids is 1. The van der Waals surface area contributed by atoms with Crippen molar-refractivity contribution in [3.8, 4) is 0 Å². The second kappa shape index (κ2) is 7.31. The van der Waals surface area contributed by atoms with Crippen LogP contribution in [0.2, 0.25) is 0 Å². The largest absolute Gasteiger partial charge is 0.385 e. The Balaban J connectivity index is 0.00000162. The van der Waals surface area contributed by atoms with Gasteiger partial charge in [0.05, 0.1) is 0 Å². The molecule has 1 saturated carbocycles. The molecule has 0 spiro atoms. The molecule has 4 nitrogen and oxygen atoms in total. The minimum absolute atomic E-state index is 0. The van der Waals surface area contributed by atoms with Crippen molar-refractivity contribution in [2.24, 2.45) is 11.3 Å². The highest BCUT2D eigenvalue weighted by Crippen LogP contribution is 2.48. The van der Waals surface area contributed by atoms with Crippen LogP contribution in [0.3, 0.4) is 0 Å². The molecular formula is C13H25ClN2O2.